The van der Waals surface area contributed by atoms with Gasteiger partial charge in [-0.05, 0) is 60.0 Å². The Labute approximate surface area is 189 Å². The lowest BCUT2D eigenvalue weighted by Gasteiger charge is -2.14. The van der Waals surface area contributed by atoms with Crippen LogP contribution in [0.3, 0.4) is 0 Å². The Kier molecular flexibility index (Phi) is 7.37. The lowest BCUT2D eigenvalue weighted by Crippen LogP contribution is -2.20. The van der Waals surface area contributed by atoms with Crippen LogP contribution in [-0.2, 0) is 11.0 Å². The van der Waals surface area contributed by atoms with Gasteiger partial charge in [0.05, 0.1) is 5.56 Å². The summed E-state index contributed by atoms with van der Waals surface area (Å²) >= 11 is 0. The summed E-state index contributed by atoms with van der Waals surface area (Å²) in [6, 6.07) is 17.9. The van der Waals surface area contributed by atoms with Gasteiger partial charge in [-0.1, -0.05) is 38.1 Å². The number of benzene rings is 3. The number of carbonyl (C=O) groups excluding carboxylic acids is 2. The number of nitrogens with one attached hydrogen (secondary N) is 2. The molecule has 0 atom stereocenters. The summed E-state index contributed by atoms with van der Waals surface area (Å²) in [4.78, 5) is 24.6. The molecule has 0 aliphatic rings. The summed E-state index contributed by atoms with van der Waals surface area (Å²) < 4.78 is 44.1. The first-order valence-corrected chi connectivity index (χ1v) is 10.2. The predicted octanol–water partition coefficient (Wildman–Crippen LogP) is 6.10. The molecule has 3 rings (SSSR count). The van der Waals surface area contributed by atoms with Gasteiger partial charge in [0.15, 0.2) is 6.61 Å². The fraction of sp³-hybridized carbons (Fsp3) is 0.200. The van der Waals surface area contributed by atoms with E-state index in [-0.39, 0.29) is 29.7 Å². The minimum absolute atomic E-state index is 0.0334. The van der Waals surface area contributed by atoms with Gasteiger partial charge >= 0.3 is 6.18 Å². The maximum absolute atomic E-state index is 12.8. The van der Waals surface area contributed by atoms with Gasteiger partial charge in [-0.15, -0.1) is 0 Å². The predicted molar refractivity (Wildman–Crippen MR) is 120 cm³/mol. The minimum Gasteiger partial charge on any atom is -0.483 e. The molecule has 0 saturated carbocycles. The average molecular weight is 456 g/mol. The third-order valence-corrected chi connectivity index (χ3v) is 4.78. The molecular formula is C25H23F3N2O3. The van der Waals surface area contributed by atoms with Crippen LogP contribution in [0.5, 0.6) is 5.75 Å². The van der Waals surface area contributed by atoms with Crippen molar-refractivity contribution in [3.63, 3.8) is 0 Å². The number of halogens is 3. The number of alkyl halides is 3. The Bertz CT molecular complexity index is 1130. The standard InChI is InChI=1S/C25H23F3N2O3/c1-16(2)21-8-3-4-9-22(21)33-15-23(31)29-19-12-10-17(11-13-19)24(32)30-20-7-5-6-18(14-20)25(26,27)28/h3-14,16H,15H2,1-2H3,(H,29,31)(H,30,32). The van der Waals surface area contributed by atoms with Crippen molar-refractivity contribution < 1.29 is 27.5 Å². The molecule has 0 radical (unpaired) electrons. The minimum atomic E-state index is -4.50. The van der Waals surface area contributed by atoms with E-state index in [1.54, 1.807) is 6.07 Å². The zero-order valence-electron chi connectivity index (χ0n) is 18.1. The maximum Gasteiger partial charge on any atom is 0.416 e. The number of anilines is 2. The molecule has 0 heterocycles. The van der Waals surface area contributed by atoms with Crippen molar-refractivity contribution in [1.29, 1.82) is 0 Å². The van der Waals surface area contributed by atoms with Gasteiger partial charge in [0.2, 0.25) is 0 Å². The molecule has 0 aliphatic heterocycles. The van der Waals surface area contributed by atoms with E-state index in [1.165, 1.54) is 36.4 Å². The molecule has 172 valence electrons. The van der Waals surface area contributed by atoms with Gasteiger partial charge in [0.25, 0.3) is 11.8 Å². The van der Waals surface area contributed by atoms with Gasteiger partial charge in [-0.25, -0.2) is 0 Å². The second-order valence-corrected chi connectivity index (χ2v) is 7.64. The number of hydrogen-bond donors (Lipinski definition) is 2. The monoisotopic (exact) mass is 456 g/mol. The molecule has 0 aliphatic carbocycles. The second-order valence-electron chi connectivity index (χ2n) is 7.64. The van der Waals surface area contributed by atoms with Crippen LogP contribution in [0.2, 0.25) is 0 Å². The van der Waals surface area contributed by atoms with Gasteiger partial charge in [-0.3, -0.25) is 9.59 Å². The summed E-state index contributed by atoms with van der Waals surface area (Å²) in [7, 11) is 0. The summed E-state index contributed by atoms with van der Waals surface area (Å²) in [6.45, 7) is 3.89. The molecule has 0 aromatic heterocycles. The zero-order chi connectivity index (χ0) is 24.0. The molecule has 2 amide bonds. The summed E-state index contributed by atoms with van der Waals surface area (Å²) in [6.07, 6.45) is -4.50. The third-order valence-electron chi connectivity index (χ3n) is 4.78. The smallest absolute Gasteiger partial charge is 0.416 e. The zero-order valence-corrected chi connectivity index (χ0v) is 18.1. The lowest BCUT2D eigenvalue weighted by atomic mass is 10.0. The van der Waals surface area contributed by atoms with Crippen LogP contribution < -0.4 is 15.4 Å². The first-order chi connectivity index (χ1) is 15.6. The number of ether oxygens (including phenoxy) is 1. The SMILES string of the molecule is CC(C)c1ccccc1OCC(=O)Nc1ccc(C(=O)Nc2cccc(C(F)(F)F)c2)cc1. The summed E-state index contributed by atoms with van der Waals surface area (Å²) in [5.41, 5.74) is 0.868. The van der Waals surface area contributed by atoms with Crippen LogP contribution in [0.25, 0.3) is 0 Å². The molecule has 2 N–H and O–H groups in total. The van der Waals surface area contributed by atoms with E-state index in [0.717, 1.165) is 17.7 Å². The van der Waals surface area contributed by atoms with Crippen molar-refractivity contribution >= 4 is 23.2 Å². The van der Waals surface area contributed by atoms with Crippen LogP contribution in [-0.4, -0.2) is 18.4 Å². The molecule has 0 unspecified atom stereocenters. The lowest BCUT2D eigenvalue weighted by molar-refractivity contribution is -0.137. The average Bonchev–Trinajstić information content (AvgIpc) is 2.78. The highest BCUT2D eigenvalue weighted by atomic mass is 19.4. The van der Waals surface area contributed by atoms with Crippen LogP contribution in [0.1, 0.15) is 41.3 Å². The largest absolute Gasteiger partial charge is 0.483 e. The number of para-hydroxylation sites is 1. The third kappa shape index (κ3) is 6.58. The van der Waals surface area contributed by atoms with Crippen LogP contribution in [0.15, 0.2) is 72.8 Å². The Morgan fingerprint density at radius 3 is 2.24 bits per heavy atom. The molecule has 0 bridgehead atoms. The summed E-state index contributed by atoms with van der Waals surface area (Å²) in [5, 5.41) is 5.12. The quantitative estimate of drug-likeness (QED) is 0.452. The van der Waals surface area contributed by atoms with Crippen LogP contribution >= 0.6 is 0 Å². The first kappa shape index (κ1) is 23.8. The highest BCUT2D eigenvalue weighted by Crippen LogP contribution is 2.31. The van der Waals surface area contributed by atoms with Crippen molar-refractivity contribution in [2.45, 2.75) is 25.9 Å². The molecule has 5 nitrogen and oxygen atoms in total. The van der Waals surface area contributed by atoms with Crippen molar-refractivity contribution in [3.05, 3.63) is 89.5 Å². The van der Waals surface area contributed by atoms with Gasteiger partial charge in [-0.2, -0.15) is 13.2 Å². The van der Waals surface area contributed by atoms with Crippen LogP contribution in [0.4, 0.5) is 24.5 Å². The molecule has 0 fully saturated rings. The molecule has 3 aromatic rings. The van der Waals surface area contributed by atoms with E-state index >= 15 is 0 Å². The Hall–Kier alpha value is -3.81. The highest BCUT2D eigenvalue weighted by Gasteiger charge is 2.30. The van der Waals surface area contributed by atoms with Crippen molar-refractivity contribution in [2.24, 2.45) is 0 Å². The van der Waals surface area contributed by atoms with E-state index in [2.05, 4.69) is 10.6 Å². The second kappa shape index (κ2) is 10.2. The Morgan fingerprint density at radius 2 is 1.58 bits per heavy atom. The number of hydrogen-bond acceptors (Lipinski definition) is 3. The molecule has 3 aromatic carbocycles. The van der Waals surface area contributed by atoms with E-state index in [1.807, 2.05) is 32.0 Å². The number of carbonyl (C=O) groups is 2. The van der Waals surface area contributed by atoms with E-state index in [4.69, 9.17) is 4.74 Å². The summed E-state index contributed by atoms with van der Waals surface area (Å²) in [5.74, 6) is -0.0429. The maximum atomic E-state index is 12.8. The highest BCUT2D eigenvalue weighted by molar-refractivity contribution is 6.04. The van der Waals surface area contributed by atoms with E-state index in [0.29, 0.717) is 11.4 Å². The number of rotatable bonds is 7. The van der Waals surface area contributed by atoms with Crippen LogP contribution in [0, 0.1) is 0 Å². The first-order valence-electron chi connectivity index (χ1n) is 10.2. The molecule has 0 saturated heterocycles. The fourth-order valence-corrected chi connectivity index (χ4v) is 3.11. The van der Waals surface area contributed by atoms with Crippen molar-refractivity contribution in [2.75, 3.05) is 17.2 Å². The van der Waals surface area contributed by atoms with E-state index < -0.39 is 17.6 Å². The van der Waals surface area contributed by atoms with Gasteiger partial charge in [0.1, 0.15) is 5.75 Å². The Morgan fingerprint density at radius 1 is 0.879 bits per heavy atom. The van der Waals surface area contributed by atoms with Gasteiger partial charge in [0, 0.05) is 16.9 Å². The fourth-order valence-electron chi connectivity index (χ4n) is 3.11. The molecule has 33 heavy (non-hydrogen) atoms. The molecule has 8 heteroatoms. The van der Waals surface area contributed by atoms with Gasteiger partial charge < -0.3 is 15.4 Å². The normalized spacial score (nSPS) is 11.2. The van der Waals surface area contributed by atoms with E-state index in [9.17, 15) is 22.8 Å². The molecule has 0 spiro atoms. The Balaban J connectivity index is 1.57. The van der Waals surface area contributed by atoms with Crippen molar-refractivity contribution in [1.82, 2.24) is 0 Å². The topological polar surface area (TPSA) is 67.4 Å². The van der Waals surface area contributed by atoms with Crippen molar-refractivity contribution in [3.8, 4) is 5.75 Å². The number of amides is 2. The molecular weight excluding hydrogens is 433 g/mol.